The first-order valence-electron chi connectivity index (χ1n) is 14.8. The molecule has 0 spiro atoms. The van der Waals surface area contributed by atoms with Crippen molar-refractivity contribution in [3.05, 3.63) is 108 Å². The fourth-order valence-corrected chi connectivity index (χ4v) is 7.77. The maximum atomic E-state index is 13.6. The predicted octanol–water partition coefficient (Wildman–Crippen LogP) is 4.82. The van der Waals surface area contributed by atoms with Crippen LogP contribution in [0, 0.1) is 6.92 Å². The minimum atomic E-state index is -3.86. The minimum absolute atomic E-state index is 0.0917. The van der Waals surface area contributed by atoms with Crippen LogP contribution in [-0.4, -0.2) is 56.9 Å². The van der Waals surface area contributed by atoms with Crippen molar-refractivity contribution in [3.63, 3.8) is 0 Å². The molecule has 2 aliphatic rings. The van der Waals surface area contributed by atoms with E-state index in [1.165, 1.54) is 5.56 Å². The molecule has 2 aliphatic heterocycles. The van der Waals surface area contributed by atoms with Gasteiger partial charge in [-0.05, 0) is 61.4 Å². The Morgan fingerprint density at radius 3 is 2.26 bits per heavy atom. The molecule has 2 atom stereocenters. The Balaban J connectivity index is 1.10. The highest BCUT2D eigenvalue weighted by atomic mass is 32.2. The first kappa shape index (κ1) is 29.0. The van der Waals surface area contributed by atoms with E-state index in [9.17, 15) is 18.0 Å². The highest BCUT2D eigenvalue weighted by Gasteiger charge is 2.35. The van der Waals surface area contributed by atoms with Gasteiger partial charge in [0, 0.05) is 47.7 Å². The van der Waals surface area contributed by atoms with Crippen LogP contribution in [0.2, 0.25) is 0 Å². The molecule has 43 heavy (non-hydrogen) atoms. The summed E-state index contributed by atoms with van der Waals surface area (Å²) < 4.78 is 30.1. The average molecular weight is 597 g/mol. The van der Waals surface area contributed by atoms with E-state index in [2.05, 4.69) is 27.5 Å². The second-order valence-electron chi connectivity index (χ2n) is 11.5. The number of nitrogens with zero attached hydrogens (tertiary/aromatic N) is 1. The minimum Gasteiger partial charge on any atom is -0.341 e. The van der Waals surface area contributed by atoms with Crippen LogP contribution in [0.25, 0.3) is 10.8 Å². The van der Waals surface area contributed by atoms with Crippen LogP contribution in [0.1, 0.15) is 46.7 Å². The number of rotatable bonds is 7. The zero-order valence-corrected chi connectivity index (χ0v) is 24.9. The first-order chi connectivity index (χ1) is 20.8. The molecule has 8 nitrogen and oxygen atoms in total. The maximum absolute atomic E-state index is 13.6. The summed E-state index contributed by atoms with van der Waals surface area (Å²) in [5.41, 5.74) is 3.21. The van der Waals surface area contributed by atoms with Gasteiger partial charge in [-0.15, -0.1) is 0 Å². The van der Waals surface area contributed by atoms with E-state index < -0.39 is 10.0 Å². The quantitative estimate of drug-likeness (QED) is 0.284. The van der Waals surface area contributed by atoms with Crippen LogP contribution in [-0.2, 0) is 14.8 Å². The van der Waals surface area contributed by atoms with Gasteiger partial charge in [0.1, 0.15) is 0 Å². The number of anilines is 1. The number of amides is 2. The van der Waals surface area contributed by atoms with Crippen LogP contribution >= 0.6 is 0 Å². The molecule has 2 heterocycles. The molecule has 6 rings (SSSR count). The molecule has 4 aromatic carbocycles. The second-order valence-corrected chi connectivity index (χ2v) is 13.1. The smallest absolute Gasteiger partial charge is 0.255 e. The number of fused-ring (bicyclic) bond motifs is 1. The number of sulfonamides is 1. The molecule has 0 aromatic heterocycles. The van der Waals surface area contributed by atoms with Gasteiger partial charge in [0.2, 0.25) is 15.9 Å². The van der Waals surface area contributed by atoms with Gasteiger partial charge in [-0.3, -0.25) is 9.59 Å². The first-order valence-corrected chi connectivity index (χ1v) is 16.3. The Bertz CT molecular complexity index is 1750. The normalized spacial score (nSPS) is 19.4. The average Bonchev–Trinajstić information content (AvgIpc) is 3.52. The zero-order valence-electron chi connectivity index (χ0n) is 24.1. The molecule has 0 aliphatic carbocycles. The van der Waals surface area contributed by atoms with Gasteiger partial charge in [-0.1, -0.05) is 72.8 Å². The Hall–Kier alpha value is -4.05. The van der Waals surface area contributed by atoms with Crippen molar-refractivity contribution >= 4 is 38.3 Å². The lowest BCUT2D eigenvalue weighted by Gasteiger charge is -2.33. The second kappa shape index (κ2) is 12.3. The SMILES string of the molecule is Cc1ccccc1C(=O)Nc1ccc(S(=O)(=O)NC2CCN(C(=O)[C@@H]3C[C@H](c4ccccc4)CN3)CC2)c2ccccc12. The highest BCUT2D eigenvalue weighted by molar-refractivity contribution is 7.89. The largest absolute Gasteiger partial charge is 0.341 e. The Morgan fingerprint density at radius 1 is 0.837 bits per heavy atom. The molecule has 9 heteroatoms. The van der Waals surface area contributed by atoms with E-state index in [0.29, 0.717) is 53.9 Å². The summed E-state index contributed by atoms with van der Waals surface area (Å²) in [6, 6.07) is 27.5. The number of hydrogen-bond donors (Lipinski definition) is 3. The standard InChI is InChI=1S/C34H36N4O4S/c1-23-9-5-6-12-27(23)33(39)36-30-15-16-32(29-14-8-7-13-28(29)30)43(41,42)37-26-17-19-38(20-18-26)34(40)31-21-25(22-35-31)24-10-3-2-4-11-24/h2-16,25-26,31,35,37H,17-22H2,1H3,(H,36,39)/t25-,31-/m0/s1. The van der Waals surface area contributed by atoms with E-state index in [1.54, 1.807) is 30.3 Å². The lowest BCUT2D eigenvalue weighted by Crippen LogP contribution is -2.50. The van der Waals surface area contributed by atoms with Crippen LogP contribution in [0.5, 0.6) is 0 Å². The molecule has 0 radical (unpaired) electrons. The number of piperidine rings is 1. The fourth-order valence-electron chi connectivity index (χ4n) is 6.26. The number of aryl methyl sites for hydroxylation is 1. The third-order valence-corrected chi connectivity index (χ3v) is 10.2. The summed E-state index contributed by atoms with van der Waals surface area (Å²) in [5.74, 6) is 0.159. The third kappa shape index (κ3) is 6.20. The van der Waals surface area contributed by atoms with Crippen molar-refractivity contribution in [2.45, 2.75) is 49.1 Å². The third-order valence-electron chi connectivity index (χ3n) is 8.64. The van der Waals surface area contributed by atoms with Crippen molar-refractivity contribution in [2.24, 2.45) is 0 Å². The fraction of sp³-hybridized carbons (Fsp3) is 0.294. The molecule has 0 bridgehead atoms. The predicted molar refractivity (Wildman–Crippen MR) is 169 cm³/mol. The molecule has 222 valence electrons. The number of likely N-dealkylation sites (tertiary alicyclic amines) is 1. The summed E-state index contributed by atoms with van der Waals surface area (Å²) in [6.07, 6.45) is 1.86. The lowest BCUT2D eigenvalue weighted by atomic mass is 9.95. The molecule has 4 aromatic rings. The number of carbonyl (C=O) groups excluding carboxylic acids is 2. The summed E-state index contributed by atoms with van der Waals surface area (Å²) in [7, 11) is -3.86. The summed E-state index contributed by atoms with van der Waals surface area (Å²) >= 11 is 0. The number of hydrogen-bond acceptors (Lipinski definition) is 5. The summed E-state index contributed by atoms with van der Waals surface area (Å²) in [4.78, 5) is 28.3. The number of carbonyl (C=O) groups is 2. The Kier molecular flexibility index (Phi) is 8.30. The van der Waals surface area contributed by atoms with Gasteiger partial charge < -0.3 is 15.5 Å². The van der Waals surface area contributed by atoms with E-state index >= 15 is 0 Å². The van der Waals surface area contributed by atoms with Crippen LogP contribution in [0.3, 0.4) is 0 Å². The van der Waals surface area contributed by atoms with Crippen molar-refractivity contribution in [2.75, 3.05) is 25.0 Å². The van der Waals surface area contributed by atoms with Gasteiger partial charge in [-0.2, -0.15) is 0 Å². The van der Waals surface area contributed by atoms with Crippen molar-refractivity contribution < 1.29 is 18.0 Å². The van der Waals surface area contributed by atoms with Crippen molar-refractivity contribution in [1.82, 2.24) is 14.9 Å². The van der Waals surface area contributed by atoms with Gasteiger partial charge in [0.05, 0.1) is 10.9 Å². The molecule has 0 unspecified atom stereocenters. The number of benzene rings is 4. The molecule has 2 fully saturated rings. The van der Waals surface area contributed by atoms with E-state index in [1.807, 2.05) is 60.4 Å². The number of nitrogens with one attached hydrogen (secondary N) is 3. The van der Waals surface area contributed by atoms with Gasteiger partial charge in [-0.25, -0.2) is 13.1 Å². The van der Waals surface area contributed by atoms with E-state index in [-0.39, 0.29) is 28.8 Å². The van der Waals surface area contributed by atoms with Gasteiger partial charge >= 0.3 is 0 Å². The van der Waals surface area contributed by atoms with E-state index in [0.717, 1.165) is 18.5 Å². The molecule has 2 amide bonds. The van der Waals surface area contributed by atoms with Crippen LogP contribution in [0.4, 0.5) is 5.69 Å². The van der Waals surface area contributed by atoms with Gasteiger partial charge in [0.25, 0.3) is 5.91 Å². The highest BCUT2D eigenvalue weighted by Crippen LogP contribution is 2.31. The Morgan fingerprint density at radius 2 is 1.51 bits per heavy atom. The molecular formula is C34H36N4O4S. The summed E-state index contributed by atoms with van der Waals surface area (Å²) in [5, 5.41) is 7.52. The van der Waals surface area contributed by atoms with Crippen LogP contribution in [0.15, 0.2) is 95.9 Å². The maximum Gasteiger partial charge on any atom is 0.255 e. The van der Waals surface area contributed by atoms with Gasteiger partial charge in [0.15, 0.2) is 0 Å². The van der Waals surface area contributed by atoms with Crippen molar-refractivity contribution in [1.29, 1.82) is 0 Å². The lowest BCUT2D eigenvalue weighted by molar-refractivity contribution is -0.134. The molecule has 3 N–H and O–H groups in total. The molecule has 2 saturated heterocycles. The van der Waals surface area contributed by atoms with Crippen LogP contribution < -0.4 is 15.4 Å². The zero-order chi connectivity index (χ0) is 30.0. The monoisotopic (exact) mass is 596 g/mol. The van der Waals surface area contributed by atoms with E-state index in [4.69, 9.17) is 0 Å². The molecular weight excluding hydrogens is 560 g/mol. The van der Waals surface area contributed by atoms with Crippen molar-refractivity contribution in [3.8, 4) is 0 Å². The molecule has 0 saturated carbocycles. The Labute approximate surface area is 252 Å². The topological polar surface area (TPSA) is 108 Å². The summed E-state index contributed by atoms with van der Waals surface area (Å²) in [6.45, 7) is 3.66.